The molecule has 0 unspecified atom stereocenters. The number of fused-ring (bicyclic) bond motifs is 1. The number of amides is 1. The molecule has 2 aromatic carbocycles. The highest BCUT2D eigenvalue weighted by atomic mass is 16.5. The molecule has 0 fully saturated rings. The predicted octanol–water partition coefficient (Wildman–Crippen LogP) is 4.00. The van der Waals surface area contributed by atoms with Gasteiger partial charge in [0.05, 0.1) is 7.11 Å². The first kappa shape index (κ1) is 18.3. The van der Waals surface area contributed by atoms with Gasteiger partial charge in [-0.2, -0.15) is 0 Å². The zero-order chi connectivity index (χ0) is 18.5. The average Bonchev–Trinajstić information content (AvgIpc) is 2.67. The zero-order valence-electron chi connectivity index (χ0n) is 15.8. The van der Waals surface area contributed by atoms with Gasteiger partial charge in [0.1, 0.15) is 11.5 Å². The maximum absolute atomic E-state index is 12.7. The number of benzene rings is 2. The fourth-order valence-corrected chi connectivity index (χ4v) is 3.52. The van der Waals surface area contributed by atoms with E-state index in [1.165, 1.54) is 24.0 Å². The topological polar surface area (TPSA) is 38.8 Å². The van der Waals surface area contributed by atoms with Crippen LogP contribution in [-0.4, -0.2) is 31.1 Å². The number of nitrogens with zero attached hydrogens (tertiary/aromatic N) is 1. The molecule has 4 heteroatoms. The fraction of sp³-hybridized carbons (Fsp3) is 0.409. The lowest BCUT2D eigenvalue weighted by Crippen LogP contribution is -2.37. The molecule has 0 aliphatic heterocycles. The number of hydrogen-bond acceptors (Lipinski definition) is 3. The molecule has 0 spiro atoms. The van der Waals surface area contributed by atoms with Crippen molar-refractivity contribution >= 4 is 5.91 Å². The molecule has 1 aliphatic carbocycles. The molecule has 0 N–H and O–H groups in total. The molecule has 1 atom stereocenters. The Labute approximate surface area is 155 Å². The van der Waals surface area contributed by atoms with Crippen LogP contribution in [0.3, 0.4) is 0 Å². The van der Waals surface area contributed by atoms with Gasteiger partial charge >= 0.3 is 0 Å². The van der Waals surface area contributed by atoms with Crippen LogP contribution in [-0.2, 0) is 24.2 Å². The average molecular weight is 353 g/mol. The van der Waals surface area contributed by atoms with E-state index in [0.717, 1.165) is 29.9 Å². The minimum absolute atomic E-state index is 0.0476. The van der Waals surface area contributed by atoms with Gasteiger partial charge in [0.25, 0.3) is 5.91 Å². The van der Waals surface area contributed by atoms with Gasteiger partial charge in [0.2, 0.25) is 0 Å². The Morgan fingerprint density at radius 2 is 1.85 bits per heavy atom. The Hall–Kier alpha value is -2.49. The van der Waals surface area contributed by atoms with Gasteiger partial charge in [0.15, 0.2) is 6.10 Å². The van der Waals surface area contributed by atoms with Crippen molar-refractivity contribution in [3.8, 4) is 11.5 Å². The van der Waals surface area contributed by atoms with Crippen molar-refractivity contribution in [3.63, 3.8) is 0 Å². The van der Waals surface area contributed by atoms with Crippen LogP contribution >= 0.6 is 0 Å². The number of carbonyl (C=O) groups is 1. The summed E-state index contributed by atoms with van der Waals surface area (Å²) in [4.78, 5) is 14.4. The van der Waals surface area contributed by atoms with Crippen LogP contribution in [0.4, 0.5) is 0 Å². The molecule has 0 radical (unpaired) electrons. The maximum atomic E-state index is 12.7. The van der Waals surface area contributed by atoms with Gasteiger partial charge in [-0.1, -0.05) is 24.3 Å². The lowest BCUT2D eigenvalue weighted by Gasteiger charge is -2.24. The van der Waals surface area contributed by atoms with Gasteiger partial charge in [0, 0.05) is 19.2 Å². The minimum atomic E-state index is -0.531. The summed E-state index contributed by atoms with van der Waals surface area (Å²) in [5, 5.41) is 0. The molecule has 0 heterocycles. The molecule has 1 aliphatic rings. The summed E-state index contributed by atoms with van der Waals surface area (Å²) in [6.45, 7) is 2.29. The van der Waals surface area contributed by atoms with Crippen molar-refractivity contribution in [2.75, 3.05) is 14.2 Å². The van der Waals surface area contributed by atoms with Gasteiger partial charge in [-0.25, -0.2) is 0 Å². The number of hydrogen-bond donors (Lipinski definition) is 0. The van der Waals surface area contributed by atoms with E-state index in [4.69, 9.17) is 9.47 Å². The van der Waals surface area contributed by atoms with Crippen LogP contribution in [0.1, 0.15) is 36.5 Å². The van der Waals surface area contributed by atoms with Crippen molar-refractivity contribution in [2.45, 2.75) is 45.3 Å². The molecule has 0 aromatic heterocycles. The molecule has 1 amide bonds. The van der Waals surface area contributed by atoms with E-state index in [1.807, 2.05) is 30.3 Å². The highest BCUT2D eigenvalue weighted by molar-refractivity contribution is 5.80. The summed E-state index contributed by atoms with van der Waals surface area (Å²) in [5.74, 6) is 1.52. The first-order valence-corrected chi connectivity index (χ1v) is 9.24. The second-order valence-electron chi connectivity index (χ2n) is 6.90. The molecule has 3 rings (SSSR count). The quantitative estimate of drug-likeness (QED) is 0.788. The smallest absolute Gasteiger partial charge is 0.263 e. The molecule has 26 heavy (non-hydrogen) atoms. The lowest BCUT2D eigenvalue weighted by molar-refractivity contribution is -0.137. The Bertz CT molecular complexity index is 772. The maximum Gasteiger partial charge on any atom is 0.263 e. The van der Waals surface area contributed by atoms with Gasteiger partial charge in [-0.05, 0) is 61.9 Å². The number of ether oxygens (including phenoxy) is 2. The monoisotopic (exact) mass is 353 g/mol. The van der Waals surface area contributed by atoms with E-state index in [9.17, 15) is 4.79 Å². The second kappa shape index (κ2) is 8.26. The largest absolute Gasteiger partial charge is 0.496 e. The fourth-order valence-electron chi connectivity index (χ4n) is 3.52. The van der Waals surface area contributed by atoms with E-state index < -0.39 is 6.10 Å². The number of rotatable bonds is 6. The highest BCUT2D eigenvalue weighted by Gasteiger charge is 2.21. The van der Waals surface area contributed by atoms with E-state index in [-0.39, 0.29) is 5.91 Å². The zero-order valence-corrected chi connectivity index (χ0v) is 15.8. The Kier molecular flexibility index (Phi) is 5.82. The molecular weight excluding hydrogens is 326 g/mol. The normalized spacial score (nSPS) is 14.3. The van der Waals surface area contributed by atoms with E-state index >= 15 is 0 Å². The van der Waals surface area contributed by atoms with Crippen LogP contribution in [0.15, 0.2) is 42.5 Å². The Morgan fingerprint density at radius 3 is 2.62 bits per heavy atom. The van der Waals surface area contributed by atoms with E-state index in [2.05, 4.69) is 12.1 Å². The Balaban J connectivity index is 1.63. The number of likely N-dealkylation sites (N-methyl/N-ethyl adjacent to an activating group) is 1. The lowest BCUT2D eigenvalue weighted by atomic mass is 9.92. The van der Waals surface area contributed by atoms with E-state index in [0.29, 0.717) is 6.54 Å². The summed E-state index contributed by atoms with van der Waals surface area (Å²) in [6, 6.07) is 14.0. The first-order chi connectivity index (χ1) is 12.6. The van der Waals surface area contributed by atoms with Crippen LogP contribution in [0.2, 0.25) is 0 Å². The van der Waals surface area contributed by atoms with Crippen molar-refractivity contribution < 1.29 is 14.3 Å². The second-order valence-corrected chi connectivity index (χ2v) is 6.90. The summed E-state index contributed by atoms with van der Waals surface area (Å²) in [7, 11) is 3.43. The molecule has 0 saturated heterocycles. The van der Waals surface area contributed by atoms with E-state index in [1.54, 1.807) is 26.0 Å². The molecule has 138 valence electrons. The summed E-state index contributed by atoms with van der Waals surface area (Å²) in [6.07, 6.45) is 4.20. The van der Waals surface area contributed by atoms with Gasteiger partial charge < -0.3 is 14.4 Å². The third kappa shape index (κ3) is 4.18. The third-order valence-electron chi connectivity index (χ3n) is 4.96. The number of aryl methyl sites for hydroxylation is 2. The molecule has 2 aromatic rings. The highest BCUT2D eigenvalue weighted by Crippen LogP contribution is 2.26. The summed E-state index contributed by atoms with van der Waals surface area (Å²) < 4.78 is 11.3. The van der Waals surface area contributed by atoms with Crippen molar-refractivity contribution in [2.24, 2.45) is 0 Å². The minimum Gasteiger partial charge on any atom is -0.496 e. The van der Waals surface area contributed by atoms with Crippen molar-refractivity contribution in [1.29, 1.82) is 0 Å². The van der Waals surface area contributed by atoms with Crippen molar-refractivity contribution in [3.05, 3.63) is 59.2 Å². The third-order valence-corrected chi connectivity index (χ3v) is 4.96. The first-order valence-electron chi connectivity index (χ1n) is 9.24. The van der Waals surface area contributed by atoms with Crippen LogP contribution in [0.5, 0.6) is 11.5 Å². The number of methoxy groups -OCH3 is 1. The predicted molar refractivity (Wildman–Crippen MR) is 103 cm³/mol. The number of para-hydroxylation sites is 1. The standard InChI is InChI=1S/C22H27NO3/c1-16(26-20-13-12-17-8-4-5-9-18(17)14-20)22(24)23(2)15-19-10-6-7-11-21(19)25-3/h6-7,10-14,16H,4-5,8-9,15H2,1-3H3/t16-/m0/s1. The number of carbonyl (C=O) groups excluding carboxylic acids is 1. The summed E-state index contributed by atoms with van der Waals surface area (Å²) >= 11 is 0. The van der Waals surface area contributed by atoms with Gasteiger partial charge in [-0.3, -0.25) is 4.79 Å². The van der Waals surface area contributed by atoms with Crippen LogP contribution in [0, 0.1) is 0 Å². The SMILES string of the molecule is COc1ccccc1CN(C)C(=O)[C@H](C)Oc1ccc2c(c1)CCCC2. The Morgan fingerprint density at radius 1 is 1.12 bits per heavy atom. The molecule has 0 bridgehead atoms. The van der Waals surface area contributed by atoms with Crippen LogP contribution < -0.4 is 9.47 Å². The molecule has 0 saturated carbocycles. The molecule has 4 nitrogen and oxygen atoms in total. The van der Waals surface area contributed by atoms with Gasteiger partial charge in [-0.15, -0.1) is 0 Å². The molecular formula is C22H27NO3. The van der Waals surface area contributed by atoms with Crippen molar-refractivity contribution in [1.82, 2.24) is 4.90 Å². The summed E-state index contributed by atoms with van der Waals surface area (Å²) in [5.41, 5.74) is 3.75. The van der Waals surface area contributed by atoms with Crippen LogP contribution in [0.25, 0.3) is 0 Å².